The Balaban J connectivity index is 2.16. The molecule has 3 nitrogen and oxygen atoms in total. The third kappa shape index (κ3) is 4.09. The molecule has 0 aliphatic heterocycles. The maximum Gasteiger partial charge on any atom is 0.170 e. The molecule has 3 rings (SSSR count). The largest absolute Gasteiger partial charge is 0.497 e. The SMILES string of the molecule is C#CC(O)(C=C(c1ccc(OC)cc1)c1ccc(OC)cc1)c1ccccc1. The van der Waals surface area contributed by atoms with Gasteiger partial charge in [-0.15, -0.1) is 6.42 Å². The summed E-state index contributed by atoms with van der Waals surface area (Å²) < 4.78 is 10.5. The molecule has 3 aromatic rings. The number of rotatable bonds is 6. The first-order valence-electron chi connectivity index (χ1n) is 8.87. The molecule has 3 aromatic carbocycles. The second kappa shape index (κ2) is 8.47. The van der Waals surface area contributed by atoms with Crippen molar-refractivity contribution in [2.75, 3.05) is 14.2 Å². The summed E-state index contributed by atoms with van der Waals surface area (Å²) in [5.41, 5.74) is 1.73. The average Bonchev–Trinajstić information content (AvgIpc) is 2.78. The Hall–Kier alpha value is -3.48. The van der Waals surface area contributed by atoms with Crippen molar-refractivity contribution in [1.82, 2.24) is 0 Å². The Bertz CT molecular complexity index is 931. The number of terminal acetylenes is 1. The van der Waals surface area contributed by atoms with E-state index in [-0.39, 0.29) is 0 Å². The normalized spacial score (nSPS) is 12.4. The third-order valence-electron chi connectivity index (χ3n) is 4.59. The fraction of sp³-hybridized carbons (Fsp3) is 0.120. The fourth-order valence-corrected chi connectivity index (χ4v) is 2.98. The van der Waals surface area contributed by atoms with E-state index in [1.807, 2.05) is 78.9 Å². The van der Waals surface area contributed by atoms with Gasteiger partial charge < -0.3 is 14.6 Å². The second-order valence-corrected chi connectivity index (χ2v) is 6.29. The molecule has 28 heavy (non-hydrogen) atoms. The molecule has 3 heteroatoms. The van der Waals surface area contributed by atoms with Gasteiger partial charge in [0.15, 0.2) is 5.60 Å². The molecule has 1 N–H and O–H groups in total. The molecule has 0 saturated heterocycles. The van der Waals surface area contributed by atoms with Gasteiger partial charge in [0.2, 0.25) is 0 Å². The van der Waals surface area contributed by atoms with Gasteiger partial charge in [0.05, 0.1) is 14.2 Å². The van der Waals surface area contributed by atoms with Crippen molar-refractivity contribution in [1.29, 1.82) is 0 Å². The Kier molecular flexibility index (Phi) is 5.84. The highest BCUT2D eigenvalue weighted by Crippen LogP contribution is 2.32. The number of methoxy groups -OCH3 is 2. The van der Waals surface area contributed by atoms with E-state index in [1.54, 1.807) is 20.3 Å². The number of aliphatic hydroxyl groups is 1. The first-order chi connectivity index (χ1) is 13.6. The second-order valence-electron chi connectivity index (χ2n) is 6.29. The van der Waals surface area contributed by atoms with Crippen molar-refractivity contribution in [2.45, 2.75) is 5.60 Å². The highest BCUT2D eigenvalue weighted by Gasteiger charge is 2.25. The molecule has 0 fully saturated rings. The molecular formula is C25H22O3. The molecule has 0 spiro atoms. The van der Waals surface area contributed by atoms with Crippen LogP contribution in [0, 0.1) is 12.3 Å². The van der Waals surface area contributed by atoms with Gasteiger partial charge in [0, 0.05) is 0 Å². The van der Waals surface area contributed by atoms with Crippen LogP contribution in [0.15, 0.2) is 84.9 Å². The van der Waals surface area contributed by atoms with Crippen LogP contribution in [0.25, 0.3) is 5.57 Å². The maximum absolute atomic E-state index is 11.2. The van der Waals surface area contributed by atoms with E-state index >= 15 is 0 Å². The van der Waals surface area contributed by atoms with Gasteiger partial charge >= 0.3 is 0 Å². The zero-order valence-corrected chi connectivity index (χ0v) is 15.9. The number of benzene rings is 3. The van der Waals surface area contributed by atoms with Crippen LogP contribution in [-0.4, -0.2) is 19.3 Å². The van der Waals surface area contributed by atoms with E-state index in [1.165, 1.54) is 0 Å². The molecular weight excluding hydrogens is 348 g/mol. The van der Waals surface area contributed by atoms with Crippen LogP contribution in [0.2, 0.25) is 0 Å². The van der Waals surface area contributed by atoms with E-state index < -0.39 is 5.60 Å². The lowest BCUT2D eigenvalue weighted by molar-refractivity contribution is 0.155. The van der Waals surface area contributed by atoms with E-state index in [0.717, 1.165) is 28.2 Å². The zero-order chi connectivity index (χ0) is 20.0. The molecule has 0 amide bonds. The smallest absolute Gasteiger partial charge is 0.170 e. The first-order valence-corrected chi connectivity index (χ1v) is 8.87. The molecule has 0 heterocycles. The predicted molar refractivity (Wildman–Crippen MR) is 112 cm³/mol. The minimum absolute atomic E-state index is 0.636. The summed E-state index contributed by atoms with van der Waals surface area (Å²) >= 11 is 0. The topological polar surface area (TPSA) is 38.7 Å². The monoisotopic (exact) mass is 370 g/mol. The Labute approximate surface area is 165 Å². The standard InChI is InChI=1S/C25H22O3/c1-4-25(26,21-8-6-5-7-9-21)18-24(19-10-14-22(27-2)15-11-19)20-12-16-23(28-3)17-13-20/h1,5-18,26H,2-3H3. The van der Waals surface area contributed by atoms with E-state index in [2.05, 4.69) is 5.92 Å². The summed E-state index contributed by atoms with van der Waals surface area (Å²) in [5.74, 6) is 4.05. The summed E-state index contributed by atoms with van der Waals surface area (Å²) in [6, 6.07) is 24.5. The molecule has 0 radical (unpaired) electrons. The van der Waals surface area contributed by atoms with Crippen molar-refractivity contribution in [3.63, 3.8) is 0 Å². The van der Waals surface area contributed by atoms with Gasteiger partial charge in [-0.05, 0) is 52.6 Å². The predicted octanol–water partition coefficient (Wildman–Crippen LogP) is 4.66. The summed E-state index contributed by atoms with van der Waals surface area (Å²) in [4.78, 5) is 0. The van der Waals surface area contributed by atoms with E-state index in [0.29, 0.717) is 5.56 Å². The summed E-state index contributed by atoms with van der Waals surface area (Å²) in [6.45, 7) is 0. The Morgan fingerprint density at radius 3 is 1.68 bits per heavy atom. The highest BCUT2D eigenvalue weighted by molar-refractivity contribution is 5.81. The quantitative estimate of drug-likeness (QED) is 0.642. The Morgan fingerprint density at radius 2 is 1.29 bits per heavy atom. The minimum atomic E-state index is -1.55. The molecule has 0 aromatic heterocycles. The van der Waals surface area contributed by atoms with Crippen LogP contribution in [0.3, 0.4) is 0 Å². The summed E-state index contributed by atoms with van der Waals surface area (Å²) in [7, 11) is 3.25. The fourth-order valence-electron chi connectivity index (χ4n) is 2.98. The number of hydrogen-bond acceptors (Lipinski definition) is 3. The van der Waals surface area contributed by atoms with Crippen LogP contribution in [0.1, 0.15) is 16.7 Å². The maximum atomic E-state index is 11.2. The van der Waals surface area contributed by atoms with Crippen molar-refractivity contribution in [3.05, 3.63) is 102 Å². The lowest BCUT2D eigenvalue weighted by atomic mass is 9.87. The van der Waals surface area contributed by atoms with Gasteiger partial charge in [0.25, 0.3) is 0 Å². The van der Waals surface area contributed by atoms with Gasteiger partial charge in [-0.2, -0.15) is 0 Å². The highest BCUT2D eigenvalue weighted by atomic mass is 16.5. The van der Waals surface area contributed by atoms with Gasteiger partial charge in [-0.3, -0.25) is 0 Å². The lowest BCUT2D eigenvalue weighted by Gasteiger charge is -2.21. The number of hydrogen-bond donors (Lipinski definition) is 1. The number of ether oxygens (including phenoxy) is 2. The van der Waals surface area contributed by atoms with Crippen LogP contribution in [0.5, 0.6) is 11.5 Å². The van der Waals surface area contributed by atoms with Crippen LogP contribution >= 0.6 is 0 Å². The van der Waals surface area contributed by atoms with Crippen LogP contribution in [-0.2, 0) is 5.60 Å². The molecule has 1 unspecified atom stereocenters. The molecule has 140 valence electrons. The van der Waals surface area contributed by atoms with Crippen molar-refractivity contribution in [2.24, 2.45) is 0 Å². The van der Waals surface area contributed by atoms with Crippen LogP contribution < -0.4 is 9.47 Å². The zero-order valence-electron chi connectivity index (χ0n) is 15.9. The van der Waals surface area contributed by atoms with Crippen LogP contribution in [0.4, 0.5) is 0 Å². The first kappa shape index (κ1) is 19.3. The molecule has 1 atom stereocenters. The third-order valence-corrected chi connectivity index (χ3v) is 4.59. The molecule has 0 bridgehead atoms. The molecule has 0 saturated carbocycles. The van der Waals surface area contributed by atoms with Crippen molar-refractivity contribution >= 4 is 5.57 Å². The van der Waals surface area contributed by atoms with Crippen molar-refractivity contribution in [3.8, 4) is 23.8 Å². The minimum Gasteiger partial charge on any atom is -0.497 e. The van der Waals surface area contributed by atoms with E-state index in [4.69, 9.17) is 15.9 Å². The molecule has 0 aliphatic carbocycles. The van der Waals surface area contributed by atoms with Gasteiger partial charge in [-0.25, -0.2) is 0 Å². The van der Waals surface area contributed by atoms with Crippen molar-refractivity contribution < 1.29 is 14.6 Å². The molecule has 0 aliphatic rings. The summed E-state index contributed by atoms with van der Waals surface area (Å²) in [5, 5.41) is 11.2. The Morgan fingerprint density at radius 1 is 0.821 bits per heavy atom. The summed E-state index contributed by atoms with van der Waals surface area (Å²) in [6.07, 6.45) is 7.46. The van der Waals surface area contributed by atoms with Gasteiger partial charge in [-0.1, -0.05) is 60.5 Å². The van der Waals surface area contributed by atoms with Gasteiger partial charge in [0.1, 0.15) is 11.5 Å². The average molecular weight is 370 g/mol. The lowest BCUT2D eigenvalue weighted by Crippen LogP contribution is -2.21. The van der Waals surface area contributed by atoms with E-state index in [9.17, 15) is 5.11 Å².